The van der Waals surface area contributed by atoms with Crippen LogP contribution < -0.4 is 5.32 Å². The van der Waals surface area contributed by atoms with E-state index in [-0.39, 0.29) is 6.10 Å². The number of nitrogens with zero attached hydrogens (tertiary/aromatic N) is 1. The molecule has 0 spiro atoms. The molecule has 4 heteroatoms. The molecule has 1 saturated heterocycles. The molecule has 1 N–H and O–H groups in total. The van der Waals surface area contributed by atoms with Gasteiger partial charge in [0.25, 0.3) is 0 Å². The van der Waals surface area contributed by atoms with Crippen molar-refractivity contribution in [3.63, 3.8) is 0 Å². The zero-order valence-corrected chi connectivity index (χ0v) is 12.1. The van der Waals surface area contributed by atoms with Crippen molar-refractivity contribution in [2.24, 2.45) is 5.92 Å². The third kappa shape index (κ3) is 3.10. The van der Waals surface area contributed by atoms with Crippen LogP contribution in [0.25, 0.3) is 0 Å². The predicted octanol–water partition coefficient (Wildman–Crippen LogP) is 3.89. The summed E-state index contributed by atoms with van der Waals surface area (Å²) in [5.41, 5.74) is 2.17. The minimum Gasteiger partial charge on any atom is -0.384 e. The quantitative estimate of drug-likeness (QED) is 0.931. The second kappa shape index (κ2) is 6.59. The van der Waals surface area contributed by atoms with Gasteiger partial charge in [0.05, 0.1) is 17.4 Å². The standard InChI is InChI=1S/C18H17FN2O/c19-16-6-7-17(15(10-16)11-20)21-12-14-8-9-22-18(14)13-4-2-1-3-5-13/h1-7,10,14,18,21H,8-9,12H2. The Hall–Kier alpha value is -2.38. The smallest absolute Gasteiger partial charge is 0.124 e. The highest BCUT2D eigenvalue weighted by Gasteiger charge is 2.29. The molecular weight excluding hydrogens is 279 g/mol. The van der Waals surface area contributed by atoms with Crippen LogP contribution in [-0.2, 0) is 4.74 Å². The molecule has 1 fully saturated rings. The summed E-state index contributed by atoms with van der Waals surface area (Å²) in [5, 5.41) is 12.3. The molecule has 0 saturated carbocycles. The normalized spacial score (nSPS) is 20.5. The zero-order chi connectivity index (χ0) is 15.4. The summed E-state index contributed by atoms with van der Waals surface area (Å²) in [7, 11) is 0. The maximum Gasteiger partial charge on any atom is 0.124 e. The molecule has 0 aromatic heterocycles. The summed E-state index contributed by atoms with van der Waals surface area (Å²) < 4.78 is 19.0. The van der Waals surface area contributed by atoms with Crippen LogP contribution in [-0.4, -0.2) is 13.2 Å². The molecule has 3 nitrogen and oxygen atoms in total. The molecule has 2 aromatic rings. The van der Waals surface area contributed by atoms with Crippen molar-refractivity contribution < 1.29 is 9.13 Å². The summed E-state index contributed by atoms with van der Waals surface area (Å²) in [6.45, 7) is 1.43. The van der Waals surface area contributed by atoms with Gasteiger partial charge in [-0.15, -0.1) is 0 Å². The van der Waals surface area contributed by atoms with Gasteiger partial charge in [-0.3, -0.25) is 0 Å². The first-order valence-electron chi connectivity index (χ1n) is 7.38. The maximum absolute atomic E-state index is 13.2. The summed E-state index contributed by atoms with van der Waals surface area (Å²) in [6, 6.07) is 16.4. The van der Waals surface area contributed by atoms with Crippen LogP contribution >= 0.6 is 0 Å². The molecule has 0 aliphatic carbocycles. The van der Waals surface area contributed by atoms with Gasteiger partial charge in [-0.25, -0.2) is 4.39 Å². The van der Waals surface area contributed by atoms with E-state index in [9.17, 15) is 4.39 Å². The van der Waals surface area contributed by atoms with E-state index in [1.165, 1.54) is 17.7 Å². The molecule has 112 valence electrons. The van der Waals surface area contributed by atoms with Crippen LogP contribution in [0.3, 0.4) is 0 Å². The first kappa shape index (κ1) is 14.6. The molecule has 1 aliphatic heterocycles. The Labute approximate surface area is 129 Å². The molecule has 2 aromatic carbocycles. The van der Waals surface area contributed by atoms with Crippen LogP contribution in [0.15, 0.2) is 48.5 Å². The summed E-state index contributed by atoms with van der Waals surface area (Å²) >= 11 is 0. The molecule has 0 radical (unpaired) electrons. The number of benzene rings is 2. The van der Waals surface area contributed by atoms with Gasteiger partial charge in [-0.2, -0.15) is 5.26 Å². The molecule has 22 heavy (non-hydrogen) atoms. The van der Waals surface area contributed by atoms with E-state index in [1.807, 2.05) is 24.3 Å². The first-order valence-corrected chi connectivity index (χ1v) is 7.38. The zero-order valence-electron chi connectivity index (χ0n) is 12.1. The van der Waals surface area contributed by atoms with Gasteiger partial charge < -0.3 is 10.1 Å². The summed E-state index contributed by atoms with van der Waals surface area (Å²) in [6.07, 6.45) is 1.04. The van der Waals surface area contributed by atoms with Gasteiger partial charge in [0, 0.05) is 19.1 Å². The van der Waals surface area contributed by atoms with Crippen molar-refractivity contribution in [1.29, 1.82) is 5.26 Å². The fourth-order valence-corrected chi connectivity index (χ4v) is 2.86. The number of hydrogen-bond donors (Lipinski definition) is 1. The fourth-order valence-electron chi connectivity index (χ4n) is 2.86. The molecule has 2 atom stereocenters. The van der Waals surface area contributed by atoms with E-state index in [4.69, 9.17) is 10.00 Å². The van der Waals surface area contributed by atoms with Crippen LogP contribution in [0, 0.1) is 23.1 Å². The topological polar surface area (TPSA) is 45.0 Å². The van der Waals surface area contributed by atoms with Gasteiger partial charge in [0.1, 0.15) is 11.9 Å². The summed E-state index contributed by atoms with van der Waals surface area (Å²) in [4.78, 5) is 0. The van der Waals surface area contributed by atoms with Crippen LogP contribution in [0.4, 0.5) is 10.1 Å². The van der Waals surface area contributed by atoms with Crippen LogP contribution in [0.5, 0.6) is 0 Å². The van der Waals surface area contributed by atoms with E-state index in [0.717, 1.165) is 13.0 Å². The Morgan fingerprint density at radius 3 is 2.82 bits per heavy atom. The molecule has 1 aliphatic rings. The first-order chi connectivity index (χ1) is 10.8. The van der Waals surface area contributed by atoms with Gasteiger partial charge in [-0.05, 0) is 30.2 Å². The van der Waals surface area contributed by atoms with Gasteiger partial charge in [0.2, 0.25) is 0 Å². The fraction of sp³-hybridized carbons (Fsp3) is 0.278. The SMILES string of the molecule is N#Cc1cc(F)ccc1NCC1CCOC1c1ccccc1. The van der Waals surface area contributed by atoms with Crippen LogP contribution in [0.2, 0.25) is 0 Å². The van der Waals surface area contributed by atoms with E-state index >= 15 is 0 Å². The van der Waals surface area contributed by atoms with Crippen molar-refractivity contribution in [3.8, 4) is 6.07 Å². The highest BCUT2D eigenvalue weighted by molar-refractivity contribution is 5.57. The van der Waals surface area contributed by atoms with E-state index in [0.29, 0.717) is 23.7 Å². The predicted molar refractivity (Wildman–Crippen MR) is 82.8 cm³/mol. The molecule has 0 amide bonds. The summed E-state index contributed by atoms with van der Waals surface area (Å²) in [5.74, 6) is -0.0625. The number of halogens is 1. The number of anilines is 1. The Bertz CT molecular complexity index is 681. The lowest BCUT2D eigenvalue weighted by Gasteiger charge is -2.20. The molecular formula is C18H17FN2O. The van der Waals surface area contributed by atoms with Gasteiger partial charge >= 0.3 is 0 Å². The molecule has 1 heterocycles. The van der Waals surface area contributed by atoms with E-state index < -0.39 is 5.82 Å². The molecule has 3 rings (SSSR count). The largest absolute Gasteiger partial charge is 0.384 e. The van der Waals surface area contributed by atoms with Crippen molar-refractivity contribution in [2.45, 2.75) is 12.5 Å². The Kier molecular flexibility index (Phi) is 4.36. The molecule has 2 unspecified atom stereocenters. The van der Waals surface area contributed by atoms with E-state index in [1.54, 1.807) is 6.07 Å². The second-order valence-electron chi connectivity index (χ2n) is 5.43. The maximum atomic E-state index is 13.2. The minimum absolute atomic E-state index is 0.0692. The lowest BCUT2D eigenvalue weighted by atomic mass is 9.95. The van der Waals surface area contributed by atoms with Gasteiger partial charge in [-0.1, -0.05) is 30.3 Å². The highest BCUT2D eigenvalue weighted by atomic mass is 19.1. The third-order valence-electron chi connectivity index (χ3n) is 4.00. The minimum atomic E-state index is -0.395. The van der Waals surface area contributed by atoms with Crippen LogP contribution in [0.1, 0.15) is 23.7 Å². The third-order valence-corrected chi connectivity index (χ3v) is 4.00. The van der Waals surface area contributed by atoms with Crippen molar-refractivity contribution in [2.75, 3.05) is 18.5 Å². The van der Waals surface area contributed by atoms with Crippen molar-refractivity contribution in [1.82, 2.24) is 0 Å². The van der Waals surface area contributed by atoms with E-state index in [2.05, 4.69) is 17.4 Å². The number of hydrogen-bond acceptors (Lipinski definition) is 3. The van der Waals surface area contributed by atoms with Gasteiger partial charge in [0.15, 0.2) is 0 Å². The Balaban J connectivity index is 1.70. The second-order valence-corrected chi connectivity index (χ2v) is 5.43. The average molecular weight is 296 g/mol. The van der Waals surface area contributed by atoms with Crippen molar-refractivity contribution in [3.05, 3.63) is 65.5 Å². The lowest BCUT2D eigenvalue weighted by Crippen LogP contribution is -2.18. The number of rotatable bonds is 4. The average Bonchev–Trinajstić information content (AvgIpc) is 3.03. The highest BCUT2D eigenvalue weighted by Crippen LogP contribution is 2.34. The number of ether oxygens (including phenoxy) is 1. The lowest BCUT2D eigenvalue weighted by molar-refractivity contribution is 0.0933. The molecule has 0 bridgehead atoms. The monoisotopic (exact) mass is 296 g/mol. The van der Waals surface area contributed by atoms with Crippen molar-refractivity contribution >= 4 is 5.69 Å². The Morgan fingerprint density at radius 1 is 1.23 bits per heavy atom. The Morgan fingerprint density at radius 2 is 2.05 bits per heavy atom. The number of nitrogens with one attached hydrogen (secondary N) is 1. The number of nitriles is 1.